The van der Waals surface area contributed by atoms with Crippen molar-refractivity contribution in [3.05, 3.63) is 53.5 Å². The van der Waals surface area contributed by atoms with Crippen molar-refractivity contribution >= 4 is 29.5 Å². The molecule has 3 aromatic rings. The highest BCUT2D eigenvalue weighted by Gasteiger charge is 2.56. The van der Waals surface area contributed by atoms with Crippen molar-refractivity contribution in [2.45, 2.75) is 107 Å². The zero-order valence-corrected chi connectivity index (χ0v) is 30.0. The molecule has 0 aromatic carbocycles. The third-order valence-corrected chi connectivity index (χ3v) is 12.4. The lowest BCUT2D eigenvalue weighted by Crippen LogP contribution is -2.57. The third kappa shape index (κ3) is 6.53. The van der Waals surface area contributed by atoms with Crippen LogP contribution in [-0.4, -0.2) is 73.2 Å². The second kappa shape index (κ2) is 13.4. The minimum atomic E-state index is -3.51. The Morgan fingerprint density at radius 3 is 2.40 bits per heavy atom. The van der Waals surface area contributed by atoms with Crippen molar-refractivity contribution in [3.63, 3.8) is 0 Å². The number of piperidine rings is 1. The van der Waals surface area contributed by atoms with E-state index >= 15 is 8.78 Å². The number of aliphatic carboxylic acids is 1. The molecule has 2 aliphatic heterocycles. The van der Waals surface area contributed by atoms with Gasteiger partial charge in [0.25, 0.3) is 11.8 Å². The zero-order chi connectivity index (χ0) is 37.1. The standard InChI is InChI=1S/C38H45F3N8O4/c1-22-12-23-14-24(13-22)38(16-23,33(51)52)47-32(50)27-19-45-35(46-31(27)36(2,40)41)49-21-37(8-4-3-5-9-37)28-15-30(42-20-29(28)49)53-26-6-10-48(11-7-26)34-43-17-25(39)18-44-34/h15,17-20,22-24,26H,3-14,16,21H2,1-2H3,(H,47,50)(H,51,52). The first-order valence-electron chi connectivity index (χ1n) is 18.8. The van der Waals surface area contributed by atoms with Gasteiger partial charge in [0.2, 0.25) is 17.8 Å². The van der Waals surface area contributed by atoms with Gasteiger partial charge in [0.05, 0.1) is 29.8 Å². The van der Waals surface area contributed by atoms with E-state index in [-0.39, 0.29) is 35.7 Å². The minimum Gasteiger partial charge on any atom is -0.479 e. The van der Waals surface area contributed by atoms with Gasteiger partial charge >= 0.3 is 5.97 Å². The quantitative estimate of drug-likeness (QED) is 0.268. The molecule has 282 valence electrons. The second-order valence-electron chi connectivity index (χ2n) is 16.1. The number of hydrogen-bond donors (Lipinski definition) is 2. The van der Waals surface area contributed by atoms with Gasteiger partial charge in [-0.3, -0.25) is 4.79 Å². The van der Waals surface area contributed by atoms with Crippen molar-refractivity contribution < 1.29 is 32.6 Å². The Hall–Kier alpha value is -4.56. The monoisotopic (exact) mass is 734 g/mol. The third-order valence-electron chi connectivity index (χ3n) is 12.4. The summed E-state index contributed by atoms with van der Waals surface area (Å²) < 4.78 is 50.5. The Balaban J connectivity index is 1.05. The fourth-order valence-electron chi connectivity index (χ4n) is 9.93. The maximum Gasteiger partial charge on any atom is 0.329 e. The number of alkyl halides is 2. The molecule has 4 fully saturated rings. The number of fused-ring (bicyclic) bond motifs is 4. The number of carbonyl (C=O) groups is 2. The summed E-state index contributed by atoms with van der Waals surface area (Å²) in [6, 6.07) is 1.97. The maximum atomic E-state index is 15.4. The highest BCUT2D eigenvalue weighted by molar-refractivity contribution is 5.99. The van der Waals surface area contributed by atoms with Gasteiger partial charge in [-0.05, 0) is 61.8 Å². The number of carboxylic acids is 1. The average Bonchev–Trinajstić information content (AvgIpc) is 3.58. The van der Waals surface area contributed by atoms with Gasteiger partial charge in [-0.1, -0.05) is 26.2 Å². The van der Waals surface area contributed by atoms with E-state index in [4.69, 9.17) is 4.74 Å². The Morgan fingerprint density at radius 2 is 1.70 bits per heavy atom. The molecule has 1 amide bonds. The number of nitrogens with one attached hydrogen (secondary N) is 1. The average molecular weight is 735 g/mol. The van der Waals surface area contributed by atoms with E-state index < -0.39 is 40.4 Å². The molecule has 53 heavy (non-hydrogen) atoms. The molecular formula is C38H45F3N8O4. The molecule has 1 saturated heterocycles. The van der Waals surface area contributed by atoms with Crippen LogP contribution in [0.2, 0.25) is 0 Å². The number of amides is 1. The van der Waals surface area contributed by atoms with Crippen LogP contribution in [0.4, 0.5) is 30.8 Å². The van der Waals surface area contributed by atoms with E-state index in [2.05, 4.69) is 37.2 Å². The number of anilines is 3. The van der Waals surface area contributed by atoms with Crippen molar-refractivity contribution in [3.8, 4) is 5.88 Å². The lowest BCUT2D eigenvalue weighted by molar-refractivity contribution is -0.146. The molecule has 5 heterocycles. The molecule has 3 aromatic heterocycles. The van der Waals surface area contributed by atoms with Gasteiger partial charge in [0, 0.05) is 57.1 Å². The number of pyridine rings is 1. The number of carbonyl (C=O) groups excluding carboxylic acids is 1. The highest BCUT2D eigenvalue weighted by Crippen LogP contribution is 2.53. The van der Waals surface area contributed by atoms with Gasteiger partial charge in [-0.2, -0.15) is 8.78 Å². The van der Waals surface area contributed by atoms with Crippen LogP contribution in [0.5, 0.6) is 5.88 Å². The van der Waals surface area contributed by atoms with Gasteiger partial charge in [0.1, 0.15) is 17.3 Å². The largest absolute Gasteiger partial charge is 0.479 e. The molecule has 0 radical (unpaired) electrons. The first kappa shape index (κ1) is 35.5. The molecule has 4 unspecified atom stereocenters. The second-order valence-corrected chi connectivity index (χ2v) is 16.1. The van der Waals surface area contributed by atoms with Crippen molar-refractivity contribution in [2.24, 2.45) is 17.8 Å². The molecule has 12 nitrogen and oxygen atoms in total. The SMILES string of the molecule is CC1CC2CC(C1)C(NC(=O)c1cnc(N3CC4(CCCCC4)c4cc(OC5CCN(c6ncc(F)cn6)CC5)ncc43)nc1C(C)(F)F)(C(=O)O)C2. The maximum absolute atomic E-state index is 15.4. The summed E-state index contributed by atoms with van der Waals surface area (Å²) in [7, 11) is 0. The van der Waals surface area contributed by atoms with Crippen molar-refractivity contribution in [1.29, 1.82) is 0 Å². The number of nitrogens with zero attached hydrogens (tertiary/aromatic N) is 7. The van der Waals surface area contributed by atoms with E-state index in [1.54, 1.807) is 6.20 Å². The summed E-state index contributed by atoms with van der Waals surface area (Å²) in [6.07, 6.45) is 13.8. The Morgan fingerprint density at radius 1 is 0.981 bits per heavy atom. The van der Waals surface area contributed by atoms with Crippen LogP contribution >= 0.6 is 0 Å². The number of aromatic nitrogens is 5. The molecule has 15 heteroatoms. The molecule has 3 aliphatic carbocycles. The highest BCUT2D eigenvalue weighted by atomic mass is 19.3. The van der Waals surface area contributed by atoms with Crippen LogP contribution in [0.1, 0.15) is 106 Å². The van der Waals surface area contributed by atoms with Crippen molar-refractivity contribution in [1.82, 2.24) is 30.2 Å². The van der Waals surface area contributed by atoms with E-state index in [0.717, 1.165) is 62.7 Å². The van der Waals surface area contributed by atoms with Crippen LogP contribution < -0.4 is 19.9 Å². The number of carboxylic acid groups (broad SMARTS) is 1. The summed E-state index contributed by atoms with van der Waals surface area (Å²) in [5, 5.41) is 13.1. The molecule has 5 aliphatic rings. The van der Waals surface area contributed by atoms with Gasteiger partial charge in [0.15, 0.2) is 5.82 Å². The number of hydrogen-bond acceptors (Lipinski definition) is 10. The van der Waals surface area contributed by atoms with Gasteiger partial charge < -0.3 is 25.0 Å². The van der Waals surface area contributed by atoms with Gasteiger partial charge in [-0.15, -0.1) is 0 Å². The molecular weight excluding hydrogens is 689 g/mol. The van der Waals surface area contributed by atoms with Crippen LogP contribution in [0.25, 0.3) is 0 Å². The Kier molecular flexibility index (Phi) is 8.96. The number of halogens is 3. The van der Waals surface area contributed by atoms with Crippen LogP contribution in [0, 0.1) is 23.6 Å². The van der Waals surface area contributed by atoms with E-state index in [9.17, 15) is 19.1 Å². The topological polar surface area (TPSA) is 147 Å². The first-order valence-corrected chi connectivity index (χ1v) is 18.8. The molecule has 2 bridgehead atoms. The predicted molar refractivity (Wildman–Crippen MR) is 188 cm³/mol. The summed E-state index contributed by atoms with van der Waals surface area (Å²) in [5.41, 5.74) is -1.25. The summed E-state index contributed by atoms with van der Waals surface area (Å²) in [6.45, 7) is 4.53. The van der Waals surface area contributed by atoms with Gasteiger partial charge in [-0.25, -0.2) is 34.1 Å². The molecule has 3 saturated carbocycles. The normalized spacial score (nSPS) is 26.8. The number of ether oxygens (including phenoxy) is 1. The lowest BCUT2D eigenvalue weighted by Gasteiger charge is -2.34. The number of rotatable bonds is 8. The summed E-state index contributed by atoms with van der Waals surface area (Å²) in [4.78, 5) is 52.0. The van der Waals surface area contributed by atoms with Crippen LogP contribution in [0.15, 0.2) is 30.9 Å². The molecule has 4 atom stereocenters. The van der Waals surface area contributed by atoms with E-state index in [0.29, 0.717) is 75.7 Å². The zero-order valence-electron chi connectivity index (χ0n) is 30.0. The van der Waals surface area contributed by atoms with Crippen LogP contribution in [-0.2, 0) is 16.1 Å². The van der Waals surface area contributed by atoms with E-state index in [1.165, 1.54) is 0 Å². The first-order chi connectivity index (χ1) is 25.3. The summed E-state index contributed by atoms with van der Waals surface area (Å²) >= 11 is 0. The minimum absolute atomic E-state index is 0.0334. The Labute approximate surface area is 306 Å². The van der Waals surface area contributed by atoms with Crippen LogP contribution in [0.3, 0.4) is 0 Å². The van der Waals surface area contributed by atoms with E-state index in [1.807, 2.05) is 15.9 Å². The fraction of sp³-hybridized carbons (Fsp3) is 0.605. The smallest absolute Gasteiger partial charge is 0.329 e. The lowest BCUT2D eigenvalue weighted by atomic mass is 9.71. The molecule has 8 rings (SSSR count). The Bertz CT molecular complexity index is 1880. The molecule has 1 spiro atoms. The fourth-order valence-corrected chi connectivity index (χ4v) is 9.93. The predicted octanol–water partition coefficient (Wildman–Crippen LogP) is 6.32. The molecule has 2 N–H and O–H groups in total. The van der Waals surface area contributed by atoms with Crippen molar-refractivity contribution in [2.75, 3.05) is 29.4 Å². The summed E-state index contributed by atoms with van der Waals surface area (Å²) in [5.74, 6) is -4.83.